The molecule has 4 rings (SSSR count). The highest BCUT2D eigenvalue weighted by Crippen LogP contribution is 2.43. The number of carbonyl (C=O) groups is 1. The lowest BCUT2D eigenvalue weighted by molar-refractivity contribution is 0.0990. The fourth-order valence-corrected chi connectivity index (χ4v) is 4.18. The minimum absolute atomic E-state index is 0.0158. The Labute approximate surface area is 228 Å². The third-order valence-electron chi connectivity index (χ3n) is 6.26. The van der Waals surface area contributed by atoms with E-state index in [9.17, 15) is 4.79 Å². The second-order valence-corrected chi connectivity index (χ2v) is 9.84. The van der Waals surface area contributed by atoms with Crippen molar-refractivity contribution in [2.75, 3.05) is 59.1 Å². The molecule has 208 valence electrons. The summed E-state index contributed by atoms with van der Waals surface area (Å²) in [5, 5.41) is 5.87. The van der Waals surface area contributed by atoms with Crippen LogP contribution in [-0.2, 0) is 5.41 Å². The van der Waals surface area contributed by atoms with Gasteiger partial charge < -0.3 is 38.9 Å². The number of fused-ring (bicyclic) bond motifs is 1. The number of ether oxygens (including phenoxy) is 4. The van der Waals surface area contributed by atoms with Crippen molar-refractivity contribution in [3.63, 3.8) is 0 Å². The zero-order valence-electron chi connectivity index (χ0n) is 23.4. The lowest BCUT2D eigenvalue weighted by Crippen LogP contribution is -2.18. The number of nitrogens with zero attached hydrogens (tertiary/aromatic N) is 3. The van der Waals surface area contributed by atoms with E-state index in [0.717, 1.165) is 24.1 Å². The molecule has 3 aromatic rings. The summed E-state index contributed by atoms with van der Waals surface area (Å²) in [5.74, 6) is 1.26. The third-order valence-corrected chi connectivity index (χ3v) is 6.26. The number of benzene rings is 1. The van der Waals surface area contributed by atoms with Crippen molar-refractivity contribution < 1.29 is 28.2 Å². The monoisotopic (exact) mass is 537 g/mol. The molecule has 0 saturated heterocycles. The van der Waals surface area contributed by atoms with Gasteiger partial charge in [0.05, 0.1) is 21.3 Å². The first kappa shape index (κ1) is 27.8. The number of aromatic nitrogens is 2. The third kappa shape index (κ3) is 6.26. The van der Waals surface area contributed by atoms with Crippen LogP contribution in [-0.4, -0.2) is 69.3 Å². The Morgan fingerprint density at radius 2 is 1.74 bits per heavy atom. The average Bonchev–Trinajstić information content (AvgIpc) is 3.50. The summed E-state index contributed by atoms with van der Waals surface area (Å²) in [6, 6.07) is 6.93. The van der Waals surface area contributed by atoms with E-state index in [0.29, 0.717) is 24.0 Å². The predicted octanol–water partition coefficient (Wildman–Crippen LogP) is 4.81. The Kier molecular flexibility index (Phi) is 8.29. The van der Waals surface area contributed by atoms with Crippen molar-refractivity contribution in [1.29, 1.82) is 0 Å². The summed E-state index contributed by atoms with van der Waals surface area (Å²) in [5.41, 5.74) is 2.23. The number of furan rings is 1. The van der Waals surface area contributed by atoms with Crippen LogP contribution in [0.5, 0.6) is 29.2 Å². The maximum Gasteiger partial charge on any atom is 0.291 e. The second-order valence-electron chi connectivity index (χ2n) is 9.84. The van der Waals surface area contributed by atoms with Gasteiger partial charge in [-0.3, -0.25) is 4.79 Å². The molecule has 2 aromatic heterocycles. The molecule has 1 aromatic carbocycles. The van der Waals surface area contributed by atoms with E-state index in [4.69, 9.17) is 23.4 Å². The molecule has 2 N–H and O–H groups in total. The summed E-state index contributed by atoms with van der Waals surface area (Å²) >= 11 is 0. The Bertz CT molecular complexity index is 1340. The molecule has 2 heterocycles. The van der Waals surface area contributed by atoms with Gasteiger partial charge in [-0.15, -0.1) is 0 Å². The molecule has 0 unspecified atom stereocenters. The van der Waals surface area contributed by atoms with Gasteiger partial charge in [0.2, 0.25) is 17.7 Å². The SMILES string of the molecule is COc1cc2c(cc1Oc1ccc(C(=O)Nc3c(OC)nc(NCCCN(C)C)nc3OC)o1)C(C)(C)C=C2. The zero-order chi connectivity index (χ0) is 28.2. The quantitative estimate of drug-likeness (QED) is 0.312. The number of nitrogens with one attached hydrogen (secondary N) is 2. The molecule has 1 aliphatic carbocycles. The van der Waals surface area contributed by atoms with Gasteiger partial charge in [0, 0.05) is 18.0 Å². The van der Waals surface area contributed by atoms with Crippen molar-refractivity contribution in [2.45, 2.75) is 25.7 Å². The van der Waals surface area contributed by atoms with Crippen LogP contribution in [0.1, 0.15) is 41.9 Å². The minimum atomic E-state index is -0.553. The first-order valence-corrected chi connectivity index (χ1v) is 12.5. The van der Waals surface area contributed by atoms with Crippen LogP contribution in [0.2, 0.25) is 0 Å². The first-order chi connectivity index (χ1) is 18.6. The topological polar surface area (TPSA) is 120 Å². The van der Waals surface area contributed by atoms with Gasteiger partial charge >= 0.3 is 0 Å². The number of amides is 1. The van der Waals surface area contributed by atoms with Gasteiger partial charge in [-0.25, -0.2) is 0 Å². The molecule has 0 saturated carbocycles. The van der Waals surface area contributed by atoms with Gasteiger partial charge in [0.1, 0.15) is 0 Å². The molecule has 0 fully saturated rings. The van der Waals surface area contributed by atoms with Crippen LogP contribution in [0.15, 0.2) is 34.8 Å². The van der Waals surface area contributed by atoms with Gasteiger partial charge in [-0.05, 0) is 56.4 Å². The van der Waals surface area contributed by atoms with Gasteiger partial charge in [0.25, 0.3) is 11.9 Å². The van der Waals surface area contributed by atoms with Crippen LogP contribution in [0.3, 0.4) is 0 Å². The molecule has 11 nitrogen and oxygen atoms in total. The molecule has 0 spiro atoms. The summed E-state index contributed by atoms with van der Waals surface area (Å²) < 4.78 is 28.0. The maximum atomic E-state index is 13.1. The molecule has 0 atom stereocenters. The maximum absolute atomic E-state index is 13.1. The number of hydrogen-bond acceptors (Lipinski definition) is 10. The van der Waals surface area contributed by atoms with E-state index in [1.807, 2.05) is 26.2 Å². The number of hydrogen-bond donors (Lipinski definition) is 2. The van der Waals surface area contributed by atoms with Gasteiger partial charge in [-0.2, -0.15) is 9.97 Å². The summed E-state index contributed by atoms with van der Waals surface area (Å²) in [4.78, 5) is 23.9. The summed E-state index contributed by atoms with van der Waals surface area (Å²) in [7, 11) is 8.50. The van der Waals surface area contributed by atoms with Crippen LogP contribution >= 0.6 is 0 Å². The molecule has 39 heavy (non-hydrogen) atoms. The largest absolute Gasteiger partial charge is 0.493 e. The molecule has 0 aliphatic heterocycles. The number of carbonyl (C=O) groups excluding carboxylic acids is 1. The number of rotatable bonds is 12. The van der Waals surface area contributed by atoms with E-state index >= 15 is 0 Å². The van der Waals surface area contributed by atoms with E-state index in [1.54, 1.807) is 13.2 Å². The first-order valence-electron chi connectivity index (χ1n) is 12.5. The lowest BCUT2D eigenvalue weighted by Gasteiger charge is -2.19. The molecular weight excluding hydrogens is 502 g/mol. The lowest BCUT2D eigenvalue weighted by atomic mass is 9.87. The highest BCUT2D eigenvalue weighted by Gasteiger charge is 2.28. The Morgan fingerprint density at radius 1 is 1.03 bits per heavy atom. The van der Waals surface area contributed by atoms with Gasteiger partial charge in [-0.1, -0.05) is 26.0 Å². The van der Waals surface area contributed by atoms with Gasteiger partial charge in [0.15, 0.2) is 22.9 Å². The van der Waals surface area contributed by atoms with E-state index in [-0.39, 0.29) is 34.6 Å². The van der Waals surface area contributed by atoms with Crippen molar-refractivity contribution in [1.82, 2.24) is 14.9 Å². The zero-order valence-corrected chi connectivity index (χ0v) is 23.4. The molecule has 1 amide bonds. The highest BCUT2D eigenvalue weighted by molar-refractivity contribution is 6.03. The number of allylic oxidation sites excluding steroid dienone is 1. The second kappa shape index (κ2) is 11.6. The number of anilines is 2. The highest BCUT2D eigenvalue weighted by atomic mass is 16.6. The predicted molar refractivity (Wildman–Crippen MR) is 149 cm³/mol. The van der Waals surface area contributed by atoms with Crippen molar-refractivity contribution in [3.05, 3.63) is 47.2 Å². The van der Waals surface area contributed by atoms with Crippen LogP contribution in [0, 0.1) is 0 Å². The minimum Gasteiger partial charge on any atom is -0.493 e. The fourth-order valence-electron chi connectivity index (χ4n) is 4.18. The Balaban J connectivity index is 1.49. The van der Waals surface area contributed by atoms with Crippen molar-refractivity contribution >= 4 is 23.6 Å². The Morgan fingerprint density at radius 3 is 2.38 bits per heavy atom. The smallest absolute Gasteiger partial charge is 0.291 e. The van der Waals surface area contributed by atoms with E-state index in [2.05, 4.69) is 51.5 Å². The Hall–Kier alpha value is -4.25. The van der Waals surface area contributed by atoms with E-state index < -0.39 is 5.91 Å². The van der Waals surface area contributed by atoms with Crippen molar-refractivity contribution in [3.8, 4) is 29.2 Å². The normalized spacial score (nSPS) is 13.2. The molecular formula is C28H35N5O6. The van der Waals surface area contributed by atoms with Crippen molar-refractivity contribution in [2.24, 2.45) is 0 Å². The molecule has 0 radical (unpaired) electrons. The number of methoxy groups -OCH3 is 3. The van der Waals surface area contributed by atoms with E-state index in [1.165, 1.54) is 20.3 Å². The summed E-state index contributed by atoms with van der Waals surface area (Å²) in [6.45, 7) is 5.83. The standard InChI is InChI=1S/C28H35N5O6/c1-28(2)12-11-17-15-20(35-5)21(16-18(17)28)39-22-10-9-19(38-22)24(34)30-23-25(36-6)31-27(32-26(23)37-7)29-13-8-14-33(3)4/h9-12,15-16H,8,13-14H2,1-7H3,(H,30,34)(H,29,31,32). The fraction of sp³-hybridized carbons (Fsp3) is 0.393. The van der Waals surface area contributed by atoms with Crippen LogP contribution in [0.25, 0.3) is 6.08 Å². The van der Waals surface area contributed by atoms with Crippen LogP contribution in [0.4, 0.5) is 11.6 Å². The molecule has 1 aliphatic rings. The molecule has 11 heteroatoms. The average molecular weight is 538 g/mol. The molecule has 0 bridgehead atoms. The van der Waals surface area contributed by atoms with Crippen LogP contribution < -0.4 is 29.6 Å². The summed E-state index contributed by atoms with van der Waals surface area (Å²) in [6.07, 6.45) is 5.10.